The Morgan fingerprint density at radius 2 is 2.00 bits per heavy atom. The van der Waals surface area contributed by atoms with Gasteiger partial charge in [0.25, 0.3) is 0 Å². The van der Waals surface area contributed by atoms with Crippen LogP contribution in [0.4, 0.5) is 0 Å². The van der Waals surface area contributed by atoms with Gasteiger partial charge in [0.2, 0.25) is 15.9 Å². The molecule has 0 saturated carbocycles. The van der Waals surface area contributed by atoms with E-state index >= 15 is 0 Å². The van der Waals surface area contributed by atoms with Gasteiger partial charge in [-0.15, -0.1) is 0 Å². The number of piperidine rings is 1. The number of ether oxygens (including phenoxy) is 2. The van der Waals surface area contributed by atoms with Gasteiger partial charge in [0.05, 0.1) is 31.9 Å². The zero-order chi connectivity index (χ0) is 19.3. The first-order valence-electron chi connectivity index (χ1n) is 8.82. The Bertz CT molecular complexity index is 735. The monoisotopic (exact) mass is 384 g/mol. The van der Waals surface area contributed by atoms with E-state index in [4.69, 9.17) is 9.47 Å². The first-order valence-corrected chi connectivity index (χ1v) is 10.4. The van der Waals surface area contributed by atoms with Crippen LogP contribution in [0, 0.1) is 5.92 Å². The van der Waals surface area contributed by atoms with Crippen molar-refractivity contribution in [3.63, 3.8) is 0 Å². The van der Waals surface area contributed by atoms with Crippen LogP contribution in [0.25, 0.3) is 0 Å². The molecule has 26 heavy (non-hydrogen) atoms. The predicted octanol–water partition coefficient (Wildman–Crippen LogP) is 1.94. The second-order valence-electron chi connectivity index (χ2n) is 6.44. The van der Waals surface area contributed by atoms with Crippen molar-refractivity contribution < 1.29 is 22.7 Å². The summed E-state index contributed by atoms with van der Waals surface area (Å²) in [5, 5.41) is 2.99. The van der Waals surface area contributed by atoms with E-state index in [0.29, 0.717) is 30.9 Å². The van der Waals surface area contributed by atoms with Crippen molar-refractivity contribution >= 4 is 15.9 Å². The quantitative estimate of drug-likeness (QED) is 0.777. The van der Waals surface area contributed by atoms with Crippen molar-refractivity contribution in [2.45, 2.75) is 32.7 Å². The zero-order valence-corrected chi connectivity index (χ0v) is 16.6. The fourth-order valence-corrected chi connectivity index (χ4v) is 4.31. The third kappa shape index (κ3) is 4.67. The minimum atomic E-state index is -3.26. The largest absolute Gasteiger partial charge is 0.493 e. The Hall–Kier alpha value is -1.80. The molecule has 8 heteroatoms. The van der Waals surface area contributed by atoms with Gasteiger partial charge in [-0.2, -0.15) is 0 Å². The number of amides is 1. The number of nitrogens with zero attached hydrogens (tertiary/aromatic N) is 1. The molecule has 1 aliphatic heterocycles. The maximum absolute atomic E-state index is 12.6. The number of carbonyl (C=O) groups excluding carboxylic acids is 1. The highest BCUT2D eigenvalue weighted by Crippen LogP contribution is 2.30. The molecule has 1 aliphatic rings. The molecular weight excluding hydrogens is 356 g/mol. The SMILES string of the molecule is CCS(=O)(=O)N1CCC[C@H](C(=O)N[C@H](C)c2ccc(OC)c(OC)c2)C1. The minimum absolute atomic E-state index is 0.0589. The lowest BCUT2D eigenvalue weighted by molar-refractivity contribution is -0.126. The molecule has 2 rings (SSSR count). The summed E-state index contributed by atoms with van der Waals surface area (Å²) in [6.07, 6.45) is 1.39. The van der Waals surface area contributed by atoms with E-state index in [1.165, 1.54) is 4.31 Å². The van der Waals surface area contributed by atoms with Crippen LogP contribution in [0.3, 0.4) is 0 Å². The number of hydrogen-bond acceptors (Lipinski definition) is 5. The first kappa shape index (κ1) is 20.5. The van der Waals surface area contributed by atoms with Crippen LogP contribution in [-0.4, -0.2) is 51.7 Å². The summed E-state index contributed by atoms with van der Waals surface area (Å²) in [6.45, 7) is 4.26. The molecule has 1 aromatic carbocycles. The third-order valence-corrected chi connectivity index (χ3v) is 6.63. The Balaban J connectivity index is 2.04. The summed E-state index contributed by atoms with van der Waals surface area (Å²) in [5.41, 5.74) is 0.893. The fraction of sp³-hybridized carbons (Fsp3) is 0.611. The van der Waals surface area contributed by atoms with Crippen molar-refractivity contribution in [1.82, 2.24) is 9.62 Å². The lowest BCUT2D eigenvalue weighted by atomic mass is 9.98. The Labute approximate surface area is 155 Å². The maximum atomic E-state index is 12.6. The highest BCUT2D eigenvalue weighted by molar-refractivity contribution is 7.89. The predicted molar refractivity (Wildman–Crippen MR) is 99.9 cm³/mol. The van der Waals surface area contributed by atoms with Crippen LogP contribution in [0.1, 0.15) is 38.3 Å². The summed E-state index contributed by atoms with van der Waals surface area (Å²) in [5.74, 6) is 0.839. The Morgan fingerprint density at radius 1 is 1.31 bits per heavy atom. The molecule has 2 atom stereocenters. The van der Waals surface area contributed by atoms with Gasteiger partial charge in [0, 0.05) is 13.1 Å². The van der Waals surface area contributed by atoms with Crippen LogP contribution in [0.2, 0.25) is 0 Å². The second kappa shape index (κ2) is 8.73. The molecule has 1 N–H and O–H groups in total. The number of carbonyl (C=O) groups is 1. The summed E-state index contributed by atoms with van der Waals surface area (Å²) >= 11 is 0. The van der Waals surface area contributed by atoms with Gasteiger partial charge in [0.1, 0.15) is 0 Å². The first-order chi connectivity index (χ1) is 12.3. The highest BCUT2D eigenvalue weighted by atomic mass is 32.2. The van der Waals surface area contributed by atoms with Gasteiger partial charge in [-0.05, 0) is 44.4 Å². The lowest BCUT2D eigenvalue weighted by Gasteiger charge is -2.31. The van der Waals surface area contributed by atoms with Crippen molar-refractivity contribution in [3.8, 4) is 11.5 Å². The molecule has 0 spiro atoms. The van der Waals surface area contributed by atoms with E-state index in [9.17, 15) is 13.2 Å². The number of rotatable bonds is 7. The standard InChI is InChI=1S/C18H28N2O5S/c1-5-26(22,23)20-10-6-7-15(12-20)18(21)19-13(2)14-8-9-16(24-3)17(11-14)25-4/h8-9,11,13,15H,5-7,10,12H2,1-4H3,(H,19,21)/t13-,15+/m1/s1. The van der Waals surface area contributed by atoms with Crippen LogP contribution in [-0.2, 0) is 14.8 Å². The molecule has 1 heterocycles. The van der Waals surface area contributed by atoms with Crippen molar-refractivity contribution in [1.29, 1.82) is 0 Å². The van der Waals surface area contributed by atoms with Crippen LogP contribution < -0.4 is 14.8 Å². The van der Waals surface area contributed by atoms with Crippen molar-refractivity contribution in [2.75, 3.05) is 33.1 Å². The molecule has 1 amide bonds. The van der Waals surface area contributed by atoms with Gasteiger partial charge in [-0.3, -0.25) is 4.79 Å². The van der Waals surface area contributed by atoms with E-state index in [-0.39, 0.29) is 30.2 Å². The van der Waals surface area contributed by atoms with Crippen LogP contribution in [0.5, 0.6) is 11.5 Å². The topological polar surface area (TPSA) is 84.9 Å². The molecule has 0 unspecified atom stereocenters. The van der Waals surface area contributed by atoms with Gasteiger partial charge >= 0.3 is 0 Å². The number of nitrogens with one attached hydrogen (secondary N) is 1. The fourth-order valence-electron chi connectivity index (χ4n) is 3.13. The lowest BCUT2D eigenvalue weighted by Crippen LogP contribution is -2.46. The molecule has 7 nitrogen and oxygen atoms in total. The summed E-state index contributed by atoms with van der Waals surface area (Å²) in [4.78, 5) is 12.6. The third-order valence-electron chi connectivity index (χ3n) is 4.78. The molecule has 1 saturated heterocycles. The maximum Gasteiger partial charge on any atom is 0.224 e. The van der Waals surface area contributed by atoms with Crippen LogP contribution in [0.15, 0.2) is 18.2 Å². The van der Waals surface area contributed by atoms with Gasteiger partial charge in [-0.1, -0.05) is 6.07 Å². The molecule has 146 valence electrons. The molecule has 0 aliphatic carbocycles. The number of sulfonamides is 1. The normalized spacial score (nSPS) is 19.6. The summed E-state index contributed by atoms with van der Waals surface area (Å²) < 4.78 is 36.1. The van der Waals surface area contributed by atoms with E-state index in [2.05, 4.69) is 5.32 Å². The smallest absolute Gasteiger partial charge is 0.224 e. The number of methoxy groups -OCH3 is 2. The van der Waals surface area contributed by atoms with Crippen molar-refractivity contribution in [3.05, 3.63) is 23.8 Å². The number of hydrogen-bond donors (Lipinski definition) is 1. The minimum Gasteiger partial charge on any atom is -0.493 e. The molecule has 1 aromatic rings. The van der Waals surface area contributed by atoms with E-state index in [1.807, 2.05) is 19.1 Å². The molecule has 0 bridgehead atoms. The molecule has 0 aromatic heterocycles. The highest BCUT2D eigenvalue weighted by Gasteiger charge is 2.31. The summed E-state index contributed by atoms with van der Waals surface area (Å²) in [7, 11) is -0.126. The van der Waals surface area contributed by atoms with Gasteiger partial charge in [-0.25, -0.2) is 12.7 Å². The zero-order valence-electron chi connectivity index (χ0n) is 15.8. The van der Waals surface area contributed by atoms with Crippen molar-refractivity contribution in [2.24, 2.45) is 5.92 Å². The molecular formula is C18H28N2O5S. The molecule has 1 fully saturated rings. The average molecular weight is 384 g/mol. The molecule has 0 radical (unpaired) electrons. The summed E-state index contributed by atoms with van der Waals surface area (Å²) in [6, 6.07) is 5.28. The average Bonchev–Trinajstić information content (AvgIpc) is 2.67. The van der Waals surface area contributed by atoms with Gasteiger partial charge < -0.3 is 14.8 Å². The van der Waals surface area contributed by atoms with Crippen LogP contribution >= 0.6 is 0 Å². The Morgan fingerprint density at radius 3 is 2.62 bits per heavy atom. The Kier molecular flexibility index (Phi) is 6.88. The van der Waals surface area contributed by atoms with E-state index < -0.39 is 10.0 Å². The second-order valence-corrected chi connectivity index (χ2v) is 8.70. The van der Waals surface area contributed by atoms with E-state index in [0.717, 1.165) is 5.56 Å². The van der Waals surface area contributed by atoms with E-state index in [1.54, 1.807) is 27.2 Å². The number of benzene rings is 1. The van der Waals surface area contributed by atoms with Gasteiger partial charge in [0.15, 0.2) is 11.5 Å².